The maximum absolute atomic E-state index is 11.9. The van der Waals surface area contributed by atoms with Crippen molar-refractivity contribution in [2.45, 2.75) is 18.7 Å². The number of carboxylic acid groups (broad SMARTS) is 1. The predicted octanol–water partition coefficient (Wildman–Crippen LogP) is 1.65. The van der Waals surface area contributed by atoms with Gasteiger partial charge in [-0.3, -0.25) is 4.79 Å². The van der Waals surface area contributed by atoms with E-state index in [0.717, 1.165) is 0 Å². The topological polar surface area (TPSA) is 83.5 Å². The first kappa shape index (κ1) is 14.9. The minimum Gasteiger partial charge on any atom is -0.481 e. The third-order valence-corrected chi connectivity index (χ3v) is 4.25. The summed E-state index contributed by atoms with van der Waals surface area (Å²) >= 11 is 5.74. The minimum absolute atomic E-state index is 0.101. The van der Waals surface area contributed by atoms with Crippen molar-refractivity contribution in [1.82, 2.24) is 4.72 Å². The van der Waals surface area contributed by atoms with Crippen LogP contribution < -0.4 is 4.72 Å². The van der Waals surface area contributed by atoms with Crippen molar-refractivity contribution in [2.24, 2.45) is 5.92 Å². The molecule has 0 heterocycles. The highest BCUT2D eigenvalue weighted by Gasteiger charge is 2.19. The SMILES string of the molecule is Cc1cc(Cl)ccc1S(=O)(=O)NCC(C)C(=O)O. The number of hydrogen-bond donors (Lipinski definition) is 2. The third kappa shape index (κ3) is 3.69. The molecule has 0 aromatic heterocycles. The highest BCUT2D eigenvalue weighted by atomic mass is 35.5. The Morgan fingerprint density at radius 3 is 2.61 bits per heavy atom. The number of carboxylic acids is 1. The van der Waals surface area contributed by atoms with Crippen LogP contribution in [0.25, 0.3) is 0 Å². The first-order valence-corrected chi connectivity index (χ1v) is 7.09. The molecule has 1 aromatic rings. The number of aryl methyl sites for hydroxylation is 1. The van der Waals surface area contributed by atoms with Crippen LogP contribution in [0.2, 0.25) is 5.02 Å². The summed E-state index contributed by atoms with van der Waals surface area (Å²) in [4.78, 5) is 10.7. The molecule has 5 nitrogen and oxygen atoms in total. The van der Waals surface area contributed by atoms with Gasteiger partial charge in [0, 0.05) is 11.6 Å². The first-order chi connectivity index (χ1) is 8.24. The standard InChI is InChI=1S/C11H14ClNO4S/c1-7-5-9(12)3-4-10(7)18(16,17)13-6-8(2)11(14)15/h3-5,8,13H,6H2,1-2H3,(H,14,15). The fraction of sp³-hybridized carbons (Fsp3) is 0.364. The Kier molecular flexibility index (Phi) is 4.72. The van der Waals surface area contributed by atoms with Crippen LogP contribution in [0, 0.1) is 12.8 Å². The maximum atomic E-state index is 11.9. The van der Waals surface area contributed by atoms with Gasteiger partial charge in [0.1, 0.15) is 0 Å². The predicted molar refractivity (Wildman–Crippen MR) is 68.2 cm³/mol. The lowest BCUT2D eigenvalue weighted by molar-refractivity contribution is -0.140. The fourth-order valence-corrected chi connectivity index (χ4v) is 2.90. The van der Waals surface area contributed by atoms with Crippen molar-refractivity contribution in [1.29, 1.82) is 0 Å². The van der Waals surface area contributed by atoms with Gasteiger partial charge in [0.05, 0.1) is 10.8 Å². The van der Waals surface area contributed by atoms with Gasteiger partial charge in [0.15, 0.2) is 0 Å². The molecule has 100 valence electrons. The van der Waals surface area contributed by atoms with Gasteiger partial charge in [-0.1, -0.05) is 18.5 Å². The molecule has 0 radical (unpaired) electrons. The van der Waals surface area contributed by atoms with E-state index in [2.05, 4.69) is 4.72 Å². The molecule has 0 saturated carbocycles. The lowest BCUT2D eigenvalue weighted by atomic mass is 10.2. The molecule has 0 aliphatic heterocycles. The summed E-state index contributed by atoms with van der Waals surface area (Å²) in [5, 5.41) is 9.14. The second-order valence-electron chi connectivity index (χ2n) is 4.00. The van der Waals surface area contributed by atoms with Gasteiger partial charge in [-0.2, -0.15) is 0 Å². The van der Waals surface area contributed by atoms with E-state index in [9.17, 15) is 13.2 Å². The van der Waals surface area contributed by atoms with Crippen LogP contribution in [-0.4, -0.2) is 26.0 Å². The van der Waals surface area contributed by atoms with Crippen molar-refractivity contribution in [2.75, 3.05) is 6.54 Å². The smallest absolute Gasteiger partial charge is 0.307 e. The Hall–Kier alpha value is -1.11. The maximum Gasteiger partial charge on any atom is 0.307 e. The van der Waals surface area contributed by atoms with E-state index in [0.29, 0.717) is 10.6 Å². The molecular weight excluding hydrogens is 278 g/mol. The molecule has 7 heteroatoms. The number of aliphatic carboxylic acids is 1. The molecule has 0 bridgehead atoms. The van der Waals surface area contributed by atoms with Crippen LogP contribution in [0.15, 0.2) is 23.1 Å². The molecule has 0 saturated heterocycles. The first-order valence-electron chi connectivity index (χ1n) is 5.22. The van der Waals surface area contributed by atoms with E-state index in [1.165, 1.54) is 25.1 Å². The van der Waals surface area contributed by atoms with Crippen molar-refractivity contribution in [3.63, 3.8) is 0 Å². The molecule has 0 spiro atoms. The van der Waals surface area contributed by atoms with Crippen LogP contribution in [0.4, 0.5) is 0 Å². The third-order valence-electron chi connectivity index (χ3n) is 2.43. The van der Waals surface area contributed by atoms with Gasteiger partial charge in [-0.25, -0.2) is 13.1 Å². The van der Waals surface area contributed by atoms with Crippen molar-refractivity contribution in [3.05, 3.63) is 28.8 Å². The van der Waals surface area contributed by atoms with E-state index in [4.69, 9.17) is 16.7 Å². The largest absolute Gasteiger partial charge is 0.481 e. The molecular formula is C11H14ClNO4S. The molecule has 2 N–H and O–H groups in total. The summed E-state index contributed by atoms with van der Waals surface area (Å²) in [5.41, 5.74) is 0.512. The average Bonchev–Trinajstić information content (AvgIpc) is 2.25. The number of sulfonamides is 1. The summed E-state index contributed by atoms with van der Waals surface area (Å²) in [6.45, 7) is 2.90. The summed E-state index contributed by atoms with van der Waals surface area (Å²) in [5.74, 6) is -1.84. The highest BCUT2D eigenvalue weighted by molar-refractivity contribution is 7.89. The number of rotatable bonds is 5. The van der Waals surface area contributed by atoms with Gasteiger partial charge in [0.2, 0.25) is 10.0 Å². The second-order valence-corrected chi connectivity index (χ2v) is 6.17. The Bertz CT molecular complexity index is 556. The van der Waals surface area contributed by atoms with E-state index >= 15 is 0 Å². The summed E-state index contributed by atoms with van der Waals surface area (Å²) in [6, 6.07) is 4.41. The summed E-state index contributed by atoms with van der Waals surface area (Å²) < 4.78 is 26.2. The lowest BCUT2D eigenvalue weighted by Gasteiger charge is -2.11. The van der Waals surface area contributed by atoms with Crippen LogP contribution in [0.3, 0.4) is 0 Å². The summed E-state index contributed by atoms with van der Waals surface area (Å²) in [6.07, 6.45) is 0. The zero-order chi connectivity index (χ0) is 13.9. The molecule has 1 rings (SSSR count). The van der Waals surface area contributed by atoms with Crippen LogP contribution in [0.1, 0.15) is 12.5 Å². The van der Waals surface area contributed by atoms with Gasteiger partial charge in [-0.15, -0.1) is 0 Å². The van der Waals surface area contributed by atoms with Crippen molar-refractivity contribution < 1.29 is 18.3 Å². The Balaban J connectivity index is 2.90. The Labute approximate surface area is 111 Å². The zero-order valence-corrected chi connectivity index (χ0v) is 11.5. The summed E-state index contributed by atoms with van der Waals surface area (Å²) in [7, 11) is -3.71. The van der Waals surface area contributed by atoms with Gasteiger partial charge in [-0.05, 0) is 30.7 Å². The normalized spacial score (nSPS) is 13.3. The minimum atomic E-state index is -3.71. The van der Waals surface area contributed by atoms with E-state index < -0.39 is 21.9 Å². The molecule has 0 fully saturated rings. The second kappa shape index (κ2) is 5.69. The van der Waals surface area contributed by atoms with Gasteiger partial charge < -0.3 is 5.11 Å². The van der Waals surface area contributed by atoms with Gasteiger partial charge in [0.25, 0.3) is 0 Å². The van der Waals surface area contributed by atoms with Crippen LogP contribution in [-0.2, 0) is 14.8 Å². The van der Waals surface area contributed by atoms with E-state index in [-0.39, 0.29) is 11.4 Å². The fourth-order valence-electron chi connectivity index (χ4n) is 1.31. The quantitative estimate of drug-likeness (QED) is 0.864. The monoisotopic (exact) mass is 291 g/mol. The zero-order valence-electron chi connectivity index (χ0n) is 9.97. The average molecular weight is 292 g/mol. The van der Waals surface area contributed by atoms with Crippen molar-refractivity contribution >= 4 is 27.6 Å². The number of nitrogens with one attached hydrogen (secondary N) is 1. The van der Waals surface area contributed by atoms with Crippen LogP contribution >= 0.6 is 11.6 Å². The van der Waals surface area contributed by atoms with Crippen LogP contribution in [0.5, 0.6) is 0 Å². The lowest BCUT2D eigenvalue weighted by Crippen LogP contribution is -2.31. The Morgan fingerprint density at radius 1 is 1.50 bits per heavy atom. The molecule has 1 aromatic carbocycles. The van der Waals surface area contributed by atoms with Gasteiger partial charge >= 0.3 is 5.97 Å². The molecule has 0 amide bonds. The van der Waals surface area contributed by atoms with E-state index in [1.807, 2.05) is 0 Å². The van der Waals surface area contributed by atoms with E-state index in [1.54, 1.807) is 6.92 Å². The number of halogens is 1. The molecule has 18 heavy (non-hydrogen) atoms. The molecule has 1 unspecified atom stereocenters. The molecule has 0 aliphatic rings. The number of hydrogen-bond acceptors (Lipinski definition) is 3. The Morgan fingerprint density at radius 2 is 2.11 bits per heavy atom. The highest BCUT2D eigenvalue weighted by Crippen LogP contribution is 2.19. The molecule has 1 atom stereocenters. The molecule has 0 aliphatic carbocycles. The van der Waals surface area contributed by atoms with Crippen molar-refractivity contribution in [3.8, 4) is 0 Å². The number of carbonyl (C=O) groups is 1. The number of benzene rings is 1.